The van der Waals surface area contributed by atoms with Crippen molar-refractivity contribution in [1.29, 1.82) is 0 Å². The Bertz CT molecular complexity index is 3620. The monoisotopic (exact) mass is 811 g/mol. The third kappa shape index (κ3) is 6.31. The fourth-order valence-corrected chi connectivity index (χ4v) is 9.50. The van der Waals surface area contributed by atoms with Crippen molar-refractivity contribution in [1.82, 2.24) is 24.9 Å². The molecular weight excluding hydrogens is 779 g/mol. The summed E-state index contributed by atoms with van der Waals surface area (Å²) in [6.07, 6.45) is 0. The number of hydrogen-bond donors (Lipinski definition) is 0. The molecule has 0 atom stereocenters. The van der Waals surface area contributed by atoms with Gasteiger partial charge in [0, 0.05) is 53.4 Å². The number of rotatable bonds is 7. The van der Waals surface area contributed by atoms with E-state index in [2.05, 4.69) is 127 Å². The van der Waals surface area contributed by atoms with Gasteiger partial charge in [-0.05, 0) is 52.6 Å². The fraction of sp³-hybridized carbons (Fsp3) is 0. The second-order valence-electron chi connectivity index (χ2n) is 15.2. The first-order valence-electron chi connectivity index (χ1n) is 20.5. The second-order valence-corrected chi connectivity index (χ2v) is 16.3. The number of hydrogen-bond acceptors (Lipinski definition) is 7. The van der Waals surface area contributed by atoms with Crippen LogP contribution in [0.1, 0.15) is 0 Å². The van der Waals surface area contributed by atoms with Gasteiger partial charge in [0.2, 0.25) is 0 Å². The fourth-order valence-electron chi connectivity index (χ4n) is 8.33. The number of furan rings is 1. The number of benzene rings is 8. The predicted octanol–water partition coefficient (Wildman–Crippen LogP) is 14.6. The average Bonchev–Trinajstić information content (AvgIpc) is 3.93. The first-order chi connectivity index (χ1) is 30.7. The van der Waals surface area contributed by atoms with E-state index in [1.807, 2.05) is 72.8 Å². The summed E-state index contributed by atoms with van der Waals surface area (Å²) in [6, 6.07) is 68.8. The maximum absolute atomic E-state index is 6.33. The van der Waals surface area contributed by atoms with Crippen molar-refractivity contribution in [2.24, 2.45) is 0 Å². The SMILES string of the molecule is c1ccc(-c2cccc(-c3nc(-c4ccccc4)nc(-c4cccc5sc6cc(-c7ccc(-c8nc(-c9ccccc9)c9oc%10ccccc%10c9n8)cc7)ccc6c45)n3)c2)cc1. The lowest BCUT2D eigenvalue weighted by molar-refractivity contribution is 0.667. The van der Waals surface area contributed by atoms with Gasteiger partial charge in [0.25, 0.3) is 0 Å². The molecule has 0 N–H and O–H groups in total. The Hall–Kier alpha value is -8.13. The largest absolute Gasteiger partial charge is 0.452 e. The Balaban J connectivity index is 0.932. The van der Waals surface area contributed by atoms with E-state index in [1.54, 1.807) is 11.3 Å². The Kier molecular flexibility index (Phi) is 8.57. The van der Waals surface area contributed by atoms with Gasteiger partial charge in [-0.25, -0.2) is 24.9 Å². The quantitative estimate of drug-likeness (QED) is 0.160. The predicted molar refractivity (Wildman–Crippen MR) is 254 cm³/mol. The lowest BCUT2D eigenvalue weighted by atomic mass is 10.0. The van der Waals surface area contributed by atoms with Crippen molar-refractivity contribution in [3.63, 3.8) is 0 Å². The number of aromatic nitrogens is 5. The molecule has 7 heteroatoms. The van der Waals surface area contributed by atoms with Gasteiger partial charge in [0.05, 0.1) is 0 Å². The molecule has 0 amide bonds. The average molecular weight is 812 g/mol. The van der Waals surface area contributed by atoms with Crippen molar-refractivity contribution < 1.29 is 4.42 Å². The minimum absolute atomic E-state index is 0.633. The van der Waals surface area contributed by atoms with Gasteiger partial charge >= 0.3 is 0 Å². The van der Waals surface area contributed by atoms with Crippen LogP contribution in [0.15, 0.2) is 205 Å². The van der Waals surface area contributed by atoms with E-state index < -0.39 is 0 Å². The first kappa shape index (κ1) is 35.8. The summed E-state index contributed by atoms with van der Waals surface area (Å²) >= 11 is 1.78. The normalized spacial score (nSPS) is 11.5. The van der Waals surface area contributed by atoms with Gasteiger partial charge < -0.3 is 4.42 Å². The summed E-state index contributed by atoms with van der Waals surface area (Å²) in [4.78, 5) is 25.5. The van der Waals surface area contributed by atoms with Gasteiger partial charge in [-0.2, -0.15) is 0 Å². The van der Waals surface area contributed by atoms with Crippen LogP contribution < -0.4 is 0 Å². The first-order valence-corrected chi connectivity index (χ1v) is 21.3. The molecule has 4 heterocycles. The number of thiophene rings is 1. The minimum Gasteiger partial charge on any atom is -0.452 e. The Labute approximate surface area is 360 Å². The van der Waals surface area contributed by atoms with Crippen LogP contribution in [-0.2, 0) is 0 Å². The smallest absolute Gasteiger partial charge is 0.180 e. The third-order valence-corrected chi connectivity index (χ3v) is 12.5. The second kappa shape index (κ2) is 14.9. The van der Waals surface area contributed by atoms with Gasteiger partial charge in [-0.15, -0.1) is 11.3 Å². The van der Waals surface area contributed by atoms with E-state index >= 15 is 0 Å². The summed E-state index contributed by atoms with van der Waals surface area (Å²) in [6.45, 7) is 0. The van der Waals surface area contributed by atoms with Crippen LogP contribution in [0.5, 0.6) is 0 Å². The topological polar surface area (TPSA) is 77.6 Å². The van der Waals surface area contributed by atoms with E-state index in [1.165, 1.54) is 9.40 Å². The van der Waals surface area contributed by atoms with Crippen LogP contribution in [-0.4, -0.2) is 24.9 Å². The summed E-state index contributed by atoms with van der Waals surface area (Å²) < 4.78 is 8.69. The zero-order valence-electron chi connectivity index (χ0n) is 33.1. The van der Waals surface area contributed by atoms with Gasteiger partial charge in [0.15, 0.2) is 28.9 Å². The molecule has 0 saturated heterocycles. The molecule has 290 valence electrons. The number of para-hydroxylation sites is 1. The molecule has 6 nitrogen and oxygen atoms in total. The summed E-state index contributed by atoms with van der Waals surface area (Å²) in [7, 11) is 0. The summed E-state index contributed by atoms with van der Waals surface area (Å²) in [5.41, 5.74) is 12.3. The molecule has 0 spiro atoms. The van der Waals surface area contributed by atoms with Crippen molar-refractivity contribution >= 4 is 53.6 Å². The van der Waals surface area contributed by atoms with E-state index in [0.29, 0.717) is 28.9 Å². The van der Waals surface area contributed by atoms with E-state index in [0.717, 1.165) is 83.0 Å². The van der Waals surface area contributed by atoms with Crippen LogP contribution in [0.2, 0.25) is 0 Å². The van der Waals surface area contributed by atoms with Gasteiger partial charge in [-0.3, -0.25) is 0 Å². The van der Waals surface area contributed by atoms with E-state index in [-0.39, 0.29) is 0 Å². The molecule has 8 aromatic carbocycles. The van der Waals surface area contributed by atoms with Gasteiger partial charge in [0.1, 0.15) is 16.8 Å². The molecular formula is C55H33N5OS. The molecule has 0 aliphatic carbocycles. The highest BCUT2D eigenvalue weighted by atomic mass is 32.1. The summed E-state index contributed by atoms with van der Waals surface area (Å²) in [5, 5.41) is 3.27. The standard InChI is InChI=1S/C55H33N5OS/c1-4-14-34(15-5-1)39-20-12-21-41(32-39)54-58-53(37-18-8-3-9-19-37)59-55(60-54)44-23-13-25-46-48(44)43-31-30-40(33-47(43)62-46)35-26-28-38(29-27-35)52-56-49(36-16-6-2-7-17-36)51-50(57-52)42-22-10-11-24-45(42)61-51/h1-33H. The minimum atomic E-state index is 0.633. The van der Waals surface area contributed by atoms with Gasteiger partial charge in [-0.1, -0.05) is 170 Å². The maximum atomic E-state index is 6.33. The third-order valence-electron chi connectivity index (χ3n) is 11.4. The van der Waals surface area contributed by atoms with Crippen LogP contribution in [0.3, 0.4) is 0 Å². The van der Waals surface area contributed by atoms with Crippen LogP contribution >= 0.6 is 11.3 Å². The molecule has 62 heavy (non-hydrogen) atoms. The molecule has 0 unspecified atom stereocenters. The summed E-state index contributed by atoms with van der Waals surface area (Å²) in [5.74, 6) is 2.57. The Morgan fingerprint density at radius 3 is 1.68 bits per heavy atom. The van der Waals surface area contributed by atoms with Crippen molar-refractivity contribution in [3.8, 4) is 79.1 Å². The van der Waals surface area contributed by atoms with Crippen molar-refractivity contribution in [3.05, 3.63) is 200 Å². The van der Waals surface area contributed by atoms with E-state index in [9.17, 15) is 0 Å². The molecule has 0 saturated carbocycles. The number of fused-ring (bicyclic) bond motifs is 6. The Morgan fingerprint density at radius 2 is 0.887 bits per heavy atom. The van der Waals surface area contributed by atoms with Crippen molar-refractivity contribution in [2.45, 2.75) is 0 Å². The lowest BCUT2D eigenvalue weighted by Gasteiger charge is -2.10. The molecule has 0 fully saturated rings. The zero-order chi connectivity index (χ0) is 41.0. The Morgan fingerprint density at radius 1 is 0.339 bits per heavy atom. The molecule has 0 bridgehead atoms. The maximum Gasteiger partial charge on any atom is 0.180 e. The molecule has 0 radical (unpaired) electrons. The number of nitrogens with zero attached hydrogens (tertiary/aromatic N) is 5. The molecule has 12 aromatic rings. The van der Waals surface area contributed by atoms with Crippen LogP contribution in [0, 0.1) is 0 Å². The molecule has 0 aliphatic heterocycles. The highest BCUT2D eigenvalue weighted by Gasteiger charge is 2.20. The van der Waals surface area contributed by atoms with Crippen LogP contribution in [0.25, 0.3) is 121 Å². The van der Waals surface area contributed by atoms with Crippen LogP contribution in [0.4, 0.5) is 0 Å². The highest BCUT2D eigenvalue weighted by Crippen LogP contribution is 2.42. The lowest BCUT2D eigenvalue weighted by Crippen LogP contribution is -2.00. The van der Waals surface area contributed by atoms with E-state index in [4.69, 9.17) is 29.3 Å². The molecule has 0 aliphatic rings. The molecule has 4 aromatic heterocycles. The molecule has 12 rings (SSSR count). The zero-order valence-corrected chi connectivity index (χ0v) is 33.9. The highest BCUT2D eigenvalue weighted by molar-refractivity contribution is 7.26. The van der Waals surface area contributed by atoms with Crippen molar-refractivity contribution in [2.75, 3.05) is 0 Å².